The molecule has 2 aromatic rings. The van der Waals surface area contributed by atoms with Gasteiger partial charge in [0.2, 0.25) is 0 Å². The summed E-state index contributed by atoms with van der Waals surface area (Å²) in [6.45, 7) is 8.61. The Balaban J connectivity index is 2.03. The lowest BCUT2D eigenvalue weighted by Gasteiger charge is -2.10. The van der Waals surface area contributed by atoms with Crippen LogP contribution in [0.25, 0.3) is 0 Å². The van der Waals surface area contributed by atoms with Crippen molar-refractivity contribution >= 4 is 0 Å². The number of ether oxygens (including phenoxy) is 1. The molecule has 0 aliphatic heterocycles. The third-order valence-electron chi connectivity index (χ3n) is 3.03. The molecule has 0 aliphatic rings. The fourth-order valence-electron chi connectivity index (χ4n) is 2.28. The number of benzene rings is 2. The zero-order valence-electron chi connectivity index (χ0n) is 12.3. The van der Waals surface area contributed by atoms with Gasteiger partial charge in [-0.2, -0.15) is 0 Å². The van der Waals surface area contributed by atoms with Gasteiger partial charge in [-0.05, 0) is 48.6 Å². The van der Waals surface area contributed by atoms with Crippen LogP contribution < -0.4 is 4.74 Å². The van der Waals surface area contributed by atoms with Gasteiger partial charge in [-0.25, -0.2) is 0 Å². The summed E-state index contributed by atoms with van der Waals surface area (Å²) >= 11 is 0. The third kappa shape index (κ3) is 4.58. The Morgan fingerprint density at radius 1 is 1.00 bits per heavy atom. The molecule has 0 aromatic heterocycles. The van der Waals surface area contributed by atoms with E-state index in [4.69, 9.17) is 4.74 Å². The predicted octanol–water partition coefficient (Wildman–Crippen LogP) is 5.62. The van der Waals surface area contributed by atoms with E-state index in [2.05, 4.69) is 32.6 Å². The molecule has 2 aromatic carbocycles. The van der Waals surface area contributed by atoms with Crippen LogP contribution in [-0.2, 0) is 6.42 Å². The summed E-state index contributed by atoms with van der Waals surface area (Å²) < 4.78 is 5.85. The van der Waals surface area contributed by atoms with Crippen LogP contribution in [-0.4, -0.2) is 0 Å². The molecule has 2 rings (SSSR count). The maximum Gasteiger partial charge on any atom is 0.127 e. The van der Waals surface area contributed by atoms with E-state index in [1.165, 1.54) is 11.1 Å². The first kappa shape index (κ1) is 14.4. The summed E-state index contributed by atoms with van der Waals surface area (Å²) in [4.78, 5) is 0. The molecule has 20 heavy (non-hydrogen) atoms. The van der Waals surface area contributed by atoms with Crippen LogP contribution in [0.3, 0.4) is 0 Å². The van der Waals surface area contributed by atoms with Gasteiger partial charge in [0, 0.05) is 0 Å². The maximum atomic E-state index is 5.85. The van der Waals surface area contributed by atoms with Crippen molar-refractivity contribution in [2.45, 2.75) is 26.7 Å². The molecule has 104 valence electrons. The van der Waals surface area contributed by atoms with E-state index in [1.807, 2.05) is 42.5 Å². The van der Waals surface area contributed by atoms with Crippen molar-refractivity contribution in [3.8, 4) is 11.5 Å². The largest absolute Gasteiger partial charge is 0.457 e. The lowest BCUT2D eigenvalue weighted by molar-refractivity contribution is 0.482. The van der Waals surface area contributed by atoms with E-state index < -0.39 is 0 Å². The molecule has 0 spiro atoms. The highest BCUT2D eigenvalue weighted by molar-refractivity contribution is 5.35. The van der Waals surface area contributed by atoms with Crippen molar-refractivity contribution in [2.75, 3.05) is 0 Å². The van der Waals surface area contributed by atoms with E-state index in [1.54, 1.807) is 0 Å². The molecule has 0 N–H and O–H groups in total. The third-order valence-corrected chi connectivity index (χ3v) is 3.03. The topological polar surface area (TPSA) is 9.23 Å². The Labute approximate surface area is 121 Å². The van der Waals surface area contributed by atoms with Crippen molar-refractivity contribution in [1.82, 2.24) is 0 Å². The number of rotatable bonds is 6. The standard InChI is InChI=1S/C19H22O/c1-15(2)12-16(3)13-17-8-7-11-19(14-17)20-18-9-5-4-6-10-18/h4-11,14-15H,3,12-13H2,1-2H3. The summed E-state index contributed by atoms with van der Waals surface area (Å²) in [5, 5.41) is 0. The minimum atomic E-state index is 0.659. The Morgan fingerprint density at radius 3 is 2.40 bits per heavy atom. The molecule has 0 bridgehead atoms. The van der Waals surface area contributed by atoms with Crippen LogP contribution in [0.1, 0.15) is 25.8 Å². The van der Waals surface area contributed by atoms with Crippen LogP contribution in [0.15, 0.2) is 66.7 Å². The Kier molecular flexibility index (Phi) is 5.00. The summed E-state index contributed by atoms with van der Waals surface area (Å²) in [5.41, 5.74) is 2.53. The molecular weight excluding hydrogens is 244 g/mol. The monoisotopic (exact) mass is 266 g/mol. The molecule has 0 atom stereocenters. The molecular formula is C19H22O. The van der Waals surface area contributed by atoms with Crippen molar-refractivity contribution in [1.29, 1.82) is 0 Å². The second-order valence-electron chi connectivity index (χ2n) is 5.59. The van der Waals surface area contributed by atoms with Gasteiger partial charge in [-0.15, -0.1) is 0 Å². The van der Waals surface area contributed by atoms with Crippen molar-refractivity contribution in [3.05, 3.63) is 72.3 Å². The second kappa shape index (κ2) is 6.95. The van der Waals surface area contributed by atoms with E-state index >= 15 is 0 Å². The van der Waals surface area contributed by atoms with E-state index in [-0.39, 0.29) is 0 Å². The van der Waals surface area contributed by atoms with Crippen LogP contribution in [0.5, 0.6) is 11.5 Å². The lowest BCUT2D eigenvalue weighted by atomic mass is 9.98. The highest BCUT2D eigenvalue weighted by atomic mass is 16.5. The smallest absolute Gasteiger partial charge is 0.127 e. The van der Waals surface area contributed by atoms with Crippen LogP contribution in [0.4, 0.5) is 0 Å². The molecule has 0 fully saturated rings. The first-order chi connectivity index (χ1) is 9.63. The van der Waals surface area contributed by atoms with Crippen LogP contribution in [0, 0.1) is 5.92 Å². The van der Waals surface area contributed by atoms with Crippen LogP contribution in [0.2, 0.25) is 0 Å². The van der Waals surface area contributed by atoms with Gasteiger partial charge in [0.05, 0.1) is 0 Å². The SMILES string of the molecule is C=C(Cc1cccc(Oc2ccccc2)c1)CC(C)C. The Morgan fingerprint density at radius 2 is 1.70 bits per heavy atom. The van der Waals surface area contributed by atoms with Gasteiger partial charge in [0.15, 0.2) is 0 Å². The Hall–Kier alpha value is -2.02. The summed E-state index contributed by atoms with van der Waals surface area (Å²) in [7, 11) is 0. The molecule has 0 radical (unpaired) electrons. The average molecular weight is 266 g/mol. The quantitative estimate of drug-likeness (QED) is 0.616. The zero-order chi connectivity index (χ0) is 14.4. The zero-order valence-corrected chi connectivity index (χ0v) is 12.3. The van der Waals surface area contributed by atoms with E-state index in [9.17, 15) is 0 Å². The number of allylic oxidation sites excluding steroid dienone is 1. The maximum absolute atomic E-state index is 5.85. The number of para-hydroxylation sites is 1. The van der Waals surface area contributed by atoms with Crippen molar-refractivity contribution in [2.24, 2.45) is 5.92 Å². The summed E-state index contributed by atoms with van der Waals surface area (Å²) in [6.07, 6.45) is 1.99. The molecule has 0 amide bonds. The van der Waals surface area contributed by atoms with Gasteiger partial charge < -0.3 is 4.74 Å². The highest BCUT2D eigenvalue weighted by Crippen LogP contribution is 2.23. The van der Waals surface area contributed by atoms with Gasteiger partial charge in [-0.3, -0.25) is 0 Å². The highest BCUT2D eigenvalue weighted by Gasteiger charge is 2.03. The molecule has 0 heterocycles. The number of hydrogen-bond donors (Lipinski definition) is 0. The minimum absolute atomic E-state index is 0.659. The first-order valence-corrected chi connectivity index (χ1v) is 7.12. The van der Waals surface area contributed by atoms with Gasteiger partial charge in [-0.1, -0.05) is 56.3 Å². The summed E-state index contributed by atoms with van der Waals surface area (Å²) in [5.74, 6) is 2.41. The fourth-order valence-corrected chi connectivity index (χ4v) is 2.28. The number of hydrogen-bond acceptors (Lipinski definition) is 1. The summed E-state index contributed by atoms with van der Waals surface area (Å²) in [6, 6.07) is 18.1. The van der Waals surface area contributed by atoms with Gasteiger partial charge in [0.25, 0.3) is 0 Å². The van der Waals surface area contributed by atoms with Crippen LogP contribution >= 0.6 is 0 Å². The molecule has 0 saturated heterocycles. The van der Waals surface area contributed by atoms with Gasteiger partial charge in [0.1, 0.15) is 11.5 Å². The molecule has 0 aliphatic carbocycles. The van der Waals surface area contributed by atoms with E-state index in [0.717, 1.165) is 24.3 Å². The normalized spacial score (nSPS) is 10.6. The predicted molar refractivity (Wildman–Crippen MR) is 85.3 cm³/mol. The van der Waals surface area contributed by atoms with Crippen molar-refractivity contribution in [3.63, 3.8) is 0 Å². The van der Waals surface area contributed by atoms with Gasteiger partial charge >= 0.3 is 0 Å². The van der Waals surface area contributed by atoms with E-state index in [0.29, 0.717) is 5.92 Å². The minimum Gasteiger partial charge on any atom is -0.457 e. The molecule has 0 unspecified atom stereocenters. The van der Waals surface area contributed by atoms with Crippen molar-refractivity contribution < 1.29 is 4.74 Å². The second-order valence-corrected chi connectivity index (χ2v) is 5.59. The molecule has 1 nitrogen and oxygen atoms in total. The molecule has 1 heteroatoms. The molecule has 0 saturated carbocycles. The first-order valence-electron chi connectivity index (χ1n) is 7.12. The Bertz CT molecular complexity index is 555. The average Bonchev–Trinajstić information content (AvgIpc) is 2.39. The fraction of sp³-hybridized carbons (Fsp3) is 0.263. The lowest BCUT2D eigenvalue weighted by Crippen LogP contribution is -1.95.